The van der Waals surface area contributed by atoms with E-state index in [0.29, 0.717) is 18.7 Å². The van der Waals surface area contributed by atoms with E-state index in [1.165, 1.54) is 0 Å². The van der Waals surface area contributed by atoms with Crippen LogP contribution in [-0.4, -0.2) is 103 Å². The Morgan fingerprint density at radius 3 is 2.54 bits per heavy atom. The Kier molecular flexibility index (Phi) is 9.50. The van der Waals surface area contributed by atoms with Crippen LogP contribution in [0.25, 0.3) is 0 Å². The molecule has 1 aliphatic rings. The van der Waals surface area contributed by atoms with Gasteiger partial charge in [-0.05, 0) is 51.4 Å². The lowest BCUT2D eigenvalue weighted by Gasteiger charge is -2.37. The Bertz CT molecular complexity index is 1160. The number of fused-ring (bicyclic) bond motifs is 1. The second kappa shape index (κ2) is 12.6. The SMILES string of the molecule is COc1ccc(C#Cc2cnc3c(c2)C(=O)N([C@@H](C)CO)C[C@H](C)[C@@H](CN(C)C(=O)CN(C)C)O3)cc1. The lowest BCUT2D eigenvalue weighted by Crippen LogP contribution is -2.51. The summed E-state index contributed by atoms with van der Waals surface area (Å²) in [5, 5.41) is 9.84. The molecule has 2 heterocycles. The van der Waals surface area contributed by atoms with Gasteiger partial charge in [0.1, 0.15) is 17.4 Å². The topological polar surface area (TPSA) is 95.4 Å². The van der Waals surface area contributed by atoms with Gasteiger partial charge in [0.05, 0.1) is 32.8 Å². The third-order valence-electron chi connectivity index (χ3n) is 6.29. The molecule has 0 unspecified atom stereocenters. The normalized spacial score (nSPS) is 18.1. The van der Waals surface area contributed by atoms with Gasteiger partial charge in [-0.2, -0.15) is 0 Å². The lowest BCUT2D eigenvalue weighted by molar-refractivity contribution is -0.132. The predicted octanol–water partition coefficient (Wildman–Crippen LogP) is 1.73. The van der Waals surface area contributed by atoms with E-state index in [1.54, 1.807) is 43.1 Å². The summed E-state index contributed by atoms with van der Waals surface area (Å²) >= 11 is 0. The molecule has 2 amide bonds. The first kappa shape index (κ1) is 28.0. The first-order valence-electron chi connectivity index (χ1n) is 12.3. The van der Waals surface area contributed by atoms with E-state index in [-0.39, 0.29) is 42.3 Å². The molecular weight excluding hydrogens is 472 g/mol. The fourth-order valence-corrected chi connectivity index (χ4v) is 3.97. The van der Waals surface area contributed by atoms with Crippen molar-refractivity contribution >= 4 is 11.8 Å². The van der Waals surface area contributed by atoms with Gasteiger partial charge >= 0.3 is 0 Å². The molecule has 37 heavy (non-hydrogen) atoms. The van der Waals surface area contributed by atoms with E-state index in [9.17, 15) is 14.7 Å². The minimum Gasteiger partial charge on any atom is -0.497 e. The molecule has 0 bridgehead atoms. The van der Waals surface area contributed by atoms with Gasteiger partial charge in [0.2, 0.25) is 11.8 Å². The molecule has 0 saturated heterocycles. The number of benzene rings is 1. The molecule has 1 aliphatic heterocycles. The number of pyridine rings is 1. The first-order valence-corrected chi connectivity index (χ1v) is 12.3. The molecule has 0 spiro atoms. The number of carbonyl (C=O) groups is 2. The Hall–Kier alpha value is -3.61. The van der Waals surface area contributed by atoms with Gasteiger partial charge in [0.15, 0.2) is 0 Å². The molecule has 3 rings (SSSR count). The zero-order valence-corrected chi connectivity index (χ0v) is 22.4. The number of likely N-dealkylation sites (N-methyl/N-ethyl adjacent to an activating group) is 2. The fourth-order valence-electron chi connectivity index (χ4n) is 3.97. The molecule has 2 aromatic rings. The molecule has 0 radical (unpaired) electrons. The van der Waals surface area contributed by atoms with E-state index < -0.39 is 12.1 Å². The molecule has 0 fully saturated rings. The fraction of sp³-hybridized carbons (Fsp3) is 0.464. The van der Waals surface area contributed by atoms with Gasteiger partial charge in [-0.3, -0.25) is 9.59 Å². The van der Waals surface area contributed by atoms with E-state index in [2.05, 4.69) is 16.8 Å². The third kappa shape index (κ3) is 7.21. The van der Waals surface area contributed by atoms with Crippen LogP contribution in [-0.2, 0) is 4.79 Å². The maximum atomic E-state index is 13.6. The smallest absolute Gasteiger partial charge is 0.259 e. The molecule has 9 nitrogen and oxygen atoms in total. The second-order valence-electron chi connectivity index (χ2n) is 9.69. The largest absolute Gasteiger partial charge is 0.497 e. The zero-order chi connectivity index (χ0) is 27.1. The highest BCUT2D eigenvalue weighted by molar-refractivity contribution is 5.97. The van der Waals surface area contributed by atoms with Crippen LogP contribution in [0.5, 0.6) is 11.6 Å². The molecule has 0 saturated carbocycles. The number of rotatable bonds is 7. The van der Waals surface area contributed by atoms with Crippen molar-refractivity contribution in [2.45, 2.75) is 26.0 Å². The highest BCUT2D eigenvalue weighted by atomic mass is 16.5. The van der Waals surface area contributed by atoms with Gasteiger partial charge in [-0.25, -0.2) is 4.98 Å². The van der Waals surface area contributed by atoms with Crippen LogP contribution in [0.15, 0.2) is 36.5 Å². The van der Waals surface area contributed by atoms with Crippen molar-refractivity contribution < 1.29 is 24.2 Å². The van der Waals surface area contributed by atoms with E-state index >= 15 is 0 Å². The van der Waals surface area contributed by atoms with E-state index in [4.69, 9.17) is 9.47 Å². The van der Waals surface area contributed by atoms with Crippen LogP contribution in [0, 0.1) is 17.8 Å². The monoisotopic (exact) mass is 508 g/mol. The Morgan fingerprint density at radius 1 is 1.24 bits per heavy atom. The van der Waals surface area contributed by atoms with Crippen LogP contribution in [0.4, 0.5) is 0 Å². The number of amides is 2. The molecule has 1 aromatic heterocycles. The number of aliphatic hydroxyl groups is 1. The van der Waals surface area contributed by atoms with Gasteiger partial charge < -0.3 is 29.3 Å². The molecule has 9 heteroatoms. The molecular formula is C28H36N4O5. The van der Waals surface area contributed by atoms with Gasteiger partial charge in [0.25, 0.3) is 5.91 Å². The van der Waals surface area contributed by atoms with Crippen LogP contribution in [0.3, 0.4) is 0 Å². The number of hydrogen-bond donors (Lipinski definition) is 1. The first-order chi connectivity index (χ1) is 17.6. The summed E-state index contributed by atoms with van der Waals surface area (Å²) in [6.07, 6.45) is 1.17. The number of nitrogens with zero attached hydrogens (tertiary/aromatic N) is 4. The van der Waals surface area contributed by atoms with Crippen molar-refractivity contribution in [1.82, 2.24) is 19.7 Å². The highest BCUT2D eigenvalue weighted by Gasteiger charge is 2.34. The maximum Gasteiger partial charge on any atom is 0.259 e. The minimum absolute atomic E-state index is 0.0307. The van der Waals surface area contributed by atoms with Crippen LogP contribution >= 0.6 is 0 Å². The average molecular weight is 509 g/mol. The summed E-state index contributed by atoms with van der Waals surface area (Å²) in [6, 6.07) is 8.64. The molecule has 1 aromatic carbocycles. The van der Waals surface area contributed by atoms with Crippen molar-refractivity contribution in [1.29, 1.82) is 0 Å². The van der Waals surface area contributed by atoms with Gasteiger partial charge in [-0.15, -0.1) is 0 Å². The summed E-state index contributed by atoms with van der Waals surface area (Å²) in [7, 11) is 7.03. The summed E-state index contributed by atoms with van der Waals surface area (Å²) in [4.78, 5) is 35.7. The van der Waals surface area contributed by atoms with E-state index in [0.717, 1.165) is 11.3 Å². The van der Waals surface area contributed by atoms with Crippen molar-refractivity contribution in [2.75, 3.05) is 54.5 Å². The molecule has 0 aliphatic carbocycles. The van der Waals surface area contributed by atoms with Crippen molar-refractivity contribution in [3.63, 3.8) is 0 Å². The quantitative estimate of drug-likeness (QED) is 0.569. The summed E-state index contributed by atoms with van der Waals surface area (Å²) in [5.41, 5.74) is 1.64. The number of aliphatic hydroxyl groups excluding tert-OH is 1. The highest BCUT2D eigenvalue weighted by Crippen LogP contribution is 2.27. The molecule has 1 N–H and O–H groups in total. The Morgan fingerprint density at radius 2 is 1.92 bits per heavy atom. The number of ether oxygens (including phenoxy) is 2. The van der Waals surface area contributed by atoms with Gasteiger partial charge in [-0.1, -0.05) is 18.8 Å². The predicted molar refractivity (Wildman–Crippen MR) is 141 cm³/mol. The van der Waals surface area contributed by atoms with Gasteiger partial charge in [0, 0.05) is 36.8 Å². The molecule has 3 atom stereocenters. The second-order valence-corrected chi connectivity index (χ2v) is 9.69. The van der Waals surface area contributed by atoms with Crippen molar-refractivity contribution in [3.05, 3.63) is 53.2 Å². The Balaban J connectivity index is 1.94. The van der Waals surface area contributed by atoms with E-state index in [1.807, 2.05) is 50.2 Å². The van der Waals surface area contributed by atoms with Crippen LogP contribution in [0.1, 0.15) is 35.3 Å². The van der Waals surface area contributed by atoms with Crippen LogP contribution in [0.2, 0.25) is 0 Å². The number of carbonyl (C=O) groups excluding carboxylic acids is 2. The number of hydrogen-bond acceptors (Lipinski definition) is 7. The minimum atomic E-state index is -0.403. The van der Waals surface area contributed by atoms with Crippen molar-refractivity contribution in [2.24, 2.45) is 5.92 Å². The summed E-state index contributed by atoms with van der Waals surface area (Å²) in [5.74, 6) is 6.65. The number of aromatic nitrogens is 1. The maximum absolute atomic E-state index is 13.6. The Labute approximate surface area is 219 Å². The van der Waals surface area contributed by atoms with Crippen LogP contribution < -0.4 is 9.47 Å². The summed E-state index contributed by atoms with van der Waals surface area (Å²) in [6.45, 7) is 4.58. The number of methoxy groups -OCH3 is 1. The van der Waals surface area contributed by atoms with Crippen molar-refractivity contribution in [3.8, 4) is 23.5 Å². The molecule has 198 valence electrons. The zero-order valence-electron chi connectivity index (χ0n) is 22.4. The lowest BCUT2D eigenvalue weighted by atomic mass is 10.00. The summed E-state index contributed by atoms with van der Waals surface area (Å²) < 4.78 is 11.4. The third-order valence-corrected chi connectivity index (χ3v) is 6.29. The standard InChI is InChI=1S/C28H36N4O5/c1-19-15-32(20(2)18-33)28(35)24-13-22(8-7-21-9-11-23(36-6)12-10-21)14-29-27(24)37-25(19)16-31(5)26(34)17-30(3)4/h9-14,19-20,25,33H,15-18H2,1-6H3/t19-,20-,25+/m0/s1. The average Bonchev–Trinajstić information content (AvgIpc) is 2.88.